The van der Waals surface area contributed by atoms with E-state index in [2.05, 4.69) is 4.98 Å². The van der Waals surface area contributed by atoms with Crippen molar-refractivity contribution in [1.82, 2.24) is 4.98 Å². The highest BCUT2D eigenvalue weighted by Gasteiger charge is 2.12. The quantitative estimate of drug-likeness (QED) is 0.775. The summed E-state index contributed by atoms with van der Waals surface area (Å²) in [6, 6.07) is 13.3. The molecule has 0 atom stereocenters. The first-order valence-corrected chi connectivity index (χ1v) is 7.91. The number of carboxylic acid groups (broad SMARTS) is 1. The Labute approximate surface area is 137 Å². The smallest absolute Gasteiger partial charge is 0.411 e. The first kappa shape index (κ1) is 15.3. The Morgan fingerprint density at radius 3 is 2.78 bits per heavy atom. The number of aromatic nitrogens is 1. The molecule has 0 aliphatic heterocycles. The minimum Gasteiger partial charge on any atom is -0.486 e. The first-order valence-electron chi connectivity index (χ1n) is 7.09. The molecular formula is C17H16N2O3S. The molecule has 3 rings (SSSR count). The van der Waals surface area contributed by atoms with Crippen LogP contribution in [0.5, 0.6) is 5.75 Å². The molecular weight excluding hydrogens is 312 g/mol. The SMILES string of the molecule is Cc1cc(OCc2nc3ccccc3s2)ccc1N(C)C(=O)O. The van der Waals surface area contributed by atoms with E-state index in [9.17, 15) is 4.79 Å². The number of nitrogens with zero attached hydrogens (tertiary/aromatic N) is 2. The molecule has 6 heteroatoms. The monoisotopic (exact) mass is 328 g/mol. The number of hydrogen-bond donors (Lipinski definition) is 1. The number of amides is 1. The van der Waals surface area contributed by atoms with Gasteiger partial charge >= 0.3 is 6.09 Å². The standard InChI is InChI=1S/C17H16N2O3S/c1-11-9-12(7-8-14(11)19(2)17(20)21)22-10-16-18-13-5-3-4-6-15(13)23-16/h3-9H,10H2,1-2H3,(H,20,21). The van der Waals surface area contributed by atoms with Gasteiger partial charge in [0.2, 0.25) is 0 Å². The highest BCUT2D eigenvalue weighted by molar-refractivity contribution is 7.18. The third kappa shape index (κ3) is 3.27. The van der Waals surface area contributed by atoms with Gasteiger partial charge < -0.3 is 9.84 Å². The van der Waals surface area contributed by atoms with Gasteiger partial charge in [0.05, 0.1) is 10.2 Å². The second kappa shape index (κ2) is 6.26. The molecule has 0 aliphatic carbocycles. The maximum Gasteiger partial charge on any atom is 0.411 e. The normalized spacial score (nSPS) is 10.7. The summed E-state index contributed by atoms with van der Waals surface area (Å²) in [7, 11) is 1.52. The van der Waals surface area contributed by atoms with Crippen molar-refractivity contribution >= 4 is 33.3 Å². The summed E-state index contributed by atoms with van der Waals surface area (Å²) in [5.41, 5.74) is 2.47. The molecule has 0 unspecified atom stereocenters. The van der Waals surface area contributed by atoms with E-state index in [1.165, 1.54) is 11.9 Å². The summed E-state index contributed by atoms with van der Waals surface area (Å²) >= 11 is 1.61. The van der Waals surface area contributed by atoms with E-state index >= 15 is 0 Å². The maximum absolute atomic E-state index is 11.0. The van der Waals surface area contributed by atoms with Gasteiger partial charge in [-0.2, -0.15) is 0 Å². The van der Waals surface area contributed by atoms with Crippen LogP contribution in [0.4, 0.5) is 10.5 Å². The predicted octanol–water partition coefficient (Wildman–Crippen LogP) is 4.30. The van der Waals surface area contributed by atoms with E-state index in [1.807, 2.05) is 37.3 Å². The molecule has 3 aromatic rings. The van der Waals surface area contributed by atoms with Gasteiger partial charge in [-0.3, -0.25) is 4.90 Å². The van der Waals surface area contributed by atoms with Crippen LogP contribution in [0.2, 0.25) is 0 Å². The Kier molecular flexibility index (Phi) is 4.16. The molecule has 1 amide bonds. The van der Waals surface area contributed by atoms with Crippen LogP contribution in [0, 0.1) is 6.92 Å². The van der Waals surface area contributed by atoms with Gasteiger partial charge in [-0.25, -0.2) is 9.78 Å². The summed E-state index contributed by atoms with van der Waals surface area (Å²) in [4.78, 5) is 16.7. The summed E-state index contributed by atoms with van der Waals surface area (Å²) in [6.07, 6.45) is -0.990. The molecule has 1 aromatic heterocycles. The molecule has 0 fully saturated rings. The zero-order valence-corrected chi connectivity index (χ0v) is 13.6. The lowest BCUT2D eigenvalue weighted by atomic mass is 10.2. The van der Waals surface area contributed by atoms with Crippen LogP contribution in [-0.2, 0) is 6.61 Å². The Hall–Kier alpha value is -2.60. The minimum absolute atomic E-state index is 0.396. The second-order valence-corrected chi connectivity index (χ2v) is 6.27. The van der Waals surface area contributed by atoms with Gasteiger partial charge in [0, 0.05) is 12.7 Å². The van der Waals surface area contributed by atoms with Crippen LogP contribution < -0.4 is 9.64 Å². The second-order valence-electron chi connectivity index (χ2n) is 5.15. The molecule has 23 heavy (non-hydrogen) atoms. The van der Waals surface area contributed by atoms with Crippen LogP contribution in [0.1, 0.15) is 10.6 Å². The minimum atomic E-state index is -0.990. The van der Waals surface area contributed by atoms with E-state index in [0.717, 1.165) is 20.8 Å². The fourth-order valence-corrected chi connectivity index (χ4v) is 3.20. The fraction of sp³-hybridized carbons (Fsp3) is 0.176. The van der Waals surface area contributed by atoms with Gasteiger partial charge in [0.1, 0.15) is 17.4 Å². The van der Waals surface area contributed by atoms with Gasteiger partial charge in [-0.1, -0.05) is 12.1 Å². The van der Waals surface area contributed by atoms with Crippen LogP contribution in [0.15, 0.2) is 42.5 Å². The Morgan fingerprint density at radius 2 is 2.09 bits per heavy atom. The first-order chi connectivity index (χ1) is 11.0. The molecule has 0 spiro atoms. The van der Waals surface area contributed by atoms with Crippen molar-refractivity contribution < 1.29 is 14.6 Å². The van der Waals surface area contributed by atoms with Crippen LogP contribution in [0.25, 0.3) is 10.2 Å². The van der Waals surface area contributed by atoms with E-state index < -0.39 is 6.09 Å². The number of anilines is 1. The van der Waals surface area contributed by atoms with Gasteiger partial charge in [-0.15, -0.1) is 11.3 Å². The summed E-state index contributed by atoms with van der Waals surface area (Å²) in [6.45, 7) is 2.26. The molecule has 118 valence electrons. The third-order valence-corrected chi connectivity index (χ3v) is 4.53. The van der Waals surface area contributed by atoms with Crippen LogP contribution in [0.3, 0.4) is 0 Å². The number of benzene rings is 2. The van der Waals surface area contributed by atoms with E-state index in [0.29, 0.717) is 18.0 Å². The Morgan fingerprint density at radius 1 is 1.30 bits per heavy atom. The fourth-order valence-electron chi connectivity index (χ4n) is 2.32. The van der Waals surface area contributed by atoms with E-state index in [1.54, 1.807) is 23.5 Å². The Bertz CT molecular complexity index is 827. The number of para-hydroxylation sites is 1. The topological polar surface area (TPSA) is 62.7 Å². The van der Waals surface area contributed by atoms with Crippen LogP contribution in [-0.4, -0.2) is 23.2 Å². The third-order valence-electron chi connectivity index (χ3n) is 3.52. The highest BCUT2D eigenvalue weighted by Crippen LogP contribution is 2.26. The summed E-state index contributed by atoms with van der Waals surface area (Å²) in [5, 5.41) is 9.95. The van der Waals surface area contributed by atoms with Crippen molar-refractivity contribution in [3.05, 3.63) is 53.0 Å². The molecule has 0 saturated carbocycles. The number of ether oxygens (including phenoxy) is 1. The lowest BCUT2D eigenvalue weighted by molar-refractivity contribution is 0.203. The largest absolute Gasteiger partial charge is 0.486 e. The lowest BCUT2D eigenvalue weighted by Crippen LogP contribution is -2.24. The summed E-state index contributed by atoms with van der Waals surface area (Å²) in [5.74, 6) is 0.698. The van der Waals surface area contributed by atoms with Gasteiger partial charge in [-0.05, 0) is 42.8 Å². The zero-order valence-electron chi connectivity index (χ0n) is 12.8. The average Bonchev–Trinajstić information content (AvgIpc) is 2.95. The van der Waals surface area contributed by atoms with Crippen molar-refractivity contribution in [1.29, 1.82) is 0 Å². The number of fused-ring (bicyclic) bond motifs is 1. The average molecular weight is 328 g/mol. The molecule has 5 nitrogen and oxygen atoms in total. The zero-order chi connectivity index (χ0) is 16.4. The highest BCUT2D eigenvalue weighted by atomic mass is 32.1. The number of thiazole rings is 1. The lowest BCUT2D eigenvalue weighted by Gasteiger charge is -2.16. The molecule has 1 heterocycles. The Balaban J connectivity index is 1.73. The van der Waals surface area contributed by atoms with Crippen molar-refractivity contribution in [2.45, 2.75) is 13.5 Å². The molecule has 0 saturated heterocycles. The molecule has 0 bridgehead atoms. The molecule has 0 radical (unpaired) electrons. The van der Waals surface area contributed by atoms with E-state index in [4.69, 9.17) is 9.84 Å². The van der Waals surface area contributed by atoms with Crippen molar-refractivity contribution in [3.63, 3.8) is 0 Å². The molecule has 2 aromatic carbocycles. The molecule has 1 N–H and O–H groups in total. The van der Waals surface area contributed by atoms with Gasteiger partial charge in [0.25, 0.3) is 0 Å². The van der Waals surface area contributed by atoms with Crippen molar-refractivity contribution in [2.75, 3.05) is 11.9 Å². The van der Waals surface area contributed by atoms with Gasteiger partial charge in [0.15, 0.2) is 0 Å². The van der Waals surface area contributed by atoms with Crippen molar-refractivity contribution in [2.24, 2.45) is 0 Å². The van der Waals surface area contributed by atoms with E-state index in [-0.39, 0.29) is 0 Å². The maximum atomic E-state index is 11.0. The van der Waals surface area contributed by atoms with Crippen molar-refractivity contribution in [3.8, 4) is 5.75 Å². The van der Waals surface area contributed by atoms with Crippen LogP contribution >= 0.6 is 11.3 Å². The number of aryl methyl sites for hydroxylation is 1. The number of hydrogen-bond acceptors (Lipinski definition) is 4. The predicted molar refractivity (Wildman–Crippen MR) is 91.6 cm³/mol. The number of carbonyl (C=O) groups is 1. The number of rotatable bonds is 4. The molecule has 0 aliphatic rings. The summed E-state index contributed by atoms with van der Waals surface area (Å²) < 4.78 is 6.92.